The number of aromatic nitrogens is 1. The maximum Gasteiger partial charge on any atom is 0.309 e. The molecule has 1 aromatic heterocycles. The van der Waals surface area contributed by atoms with Crippen LogP contribution in [0.5, 0.6) is 0 Å². The Balaban J connectivity index is 1.53. The molecule has 2 aromatic rings. The number of carboxylic acids is 1. The Morgan fingerprint density at radius 2 is 1.68 bits per heavy atom. The molecule has 0 saturated heterocycles. The molecule has 0 radical (unpaired) electrons. The van der Waals surface area contributed by atoms with Gasteiger partial charge in [-0.1, -0.05) is 12.1 Å². The Bertz CT molecular complexity index is 850. The molecule has 3 aliphatic rings. The third kappa shape index (κ3) is 2.58. The van der Waals surface area contributed by atoms with Gasteiger partial charge in [-0.3, -0.25) is 14.6 Å². The van der Waals surface area contributed by atoms with E-state index in [-0.39, 0.29) is 5.91 Å². The summed E-state index contributed by atoms with van der Waals surface area (Å²) >= 11 is 0. The molecule has 3 fully saturated rings. The monoisotopic (exact) mass is 338 g/mol. The first-order valence-electron chi connectivity index (χ1n) is 8.84. The molecule has 3 aliphatic carbocycles. The van der Waals surface area contributed by atoms with Crippen molar-refractivity contribution in [2.75, 3.05) is 5.32 Å². The molecule has 1 amide bonds. The molecule has 5 heteroatoms. The summed E-state index contributed by atoms with van der Waals surface area (Å²) < 4.78 is 0. The number of fused-ring (bicyclic) bond motifs is 4. The van der Waals surface area contributed by atoms with Gasteiger partial charge in [0.1, 0.15) is 0 Å². The molecule has 1 heterocycles. The van der Waals surface area contributed by atoms with Crippen molar-refractivity contribution in [1.29, 1.82) is 0 Å². The van der Waals surface area contributed by atoms with Gasteiger partial charge in [0.2, 0.25) is 5.91 Å². The lowest BCUT2D eigenvalue weighted by Crippen LogP contribution is -2.50. The van der Waals surface area contributed by atoms with Gasteiger partial charge in [-0.15, -0.1) is 0 Å². The van der Waals surface area contributed by atoms with Crippen molar-refractivity contribution in [3.63, 3.8) is 0 Å². The summed E-state index contributed by atoms with van der Waals surface area (Å²) in [5, 5.41) is 13.5. The van der Waals surface area contributed by atoms with E-state index in [2.05, 4.69) is 10.3 Å². The Morgan fingerprint density at radius 3 is 2.32 bits per heavy atom. The van der Waals surface area contributed by atoms with E-state index in [9.17, 15) is 14.7 Å². The fourth-order valence-corrected chi connectivity index (χ4v) is 4.41. The molecule has 5 rings (SSSR count). The number of carboxylic acid groups (broad SMARTS) is 1. The quantitative estimate of drug-likeness (QED) is 0.889. The van der Waals surface area contributed by atoms with Gasteiger partial charge in [-0.2, -0.15) is 0 Å². The van der Waals surface area contributed by atoms with Crippen molar-refractivity contribution in [2.45, 2.75) is 45.4 Å². The summed E-state index contributed by atoms with van der Waals surface area (Å²) in [6.07, 6.45) is 5.48. The van der Waals surface area contributed by atoms with Crippen LogP contribution in [-0.2, 0) is 9.59 Å². The summed E-state index contributed by atoms with van der Waals surface area (Å²) in [6, 6.07) is 8.01. The molecule has 0 spiro atoms. The number of benzene rings is 1. The van der Waals surface area contributed by atoms with Crippen molar-refractivity contribution in [3.05, 3.63) is 36.0 Å². The normalized spacial score (nSPS) is 28.0. The first-order valence-corrected chi connectivity index (χ1v) is 8.84. The van der Waals surface area contributed by atoms with Crippen molar-refractivity contribution in [2.24, 2.45) is 10.8 Å². The zero-order valence-corrected chi connectivity index (χ0v) is 14.3. The van der Waals surface area contributed by atoms with Crippen LogP contribution in [-0.4, -0.2) is 22.0 Å². The standard InChI is InChI=1S/C20H22N2O3/c1-13-2-3-14-11-15(12-21-16(14)10-13)22-17(23)19-4-7-20(8-5-19,9-6-19)18(24)25/h2-3,10-12H,4-9H2,1H3,(H,22,23)(H,24,25). The summed E-state index contributed by atoms with van der Waals surface area (Å²) in [6.45, 7) is 2.03. The molecule has 5 nitrogen and oxygen atoms in total. The minimum Gasteiger partial charge on any atom is -0.481 e. The van der Waals surface area contributed by atoms with E-state index in [4.69, 9.17) is 0 Å². The number of aliphatic carboxylic acids is 1. The van der Waals surface area contributed by atoms with E-state index < -0.39 is 16.8 Å². The number of hydrogen-bond acceptors (Lipinski definition) is 3. The van der Waals surface area contributed by atoms with Crippen molar-refractivity contribution in [3.8, 4) is 0 Å². The Labute approximate surface area is 146 Å². The minimum atomic E-state index is -0.699. The number of rotatable bonds is 3. The maximum absolute atomic E-state index is 12.9. The van der Waals surface area contributed by atoms with Crippen LogP contribution in [0.25, 0.3) is 10.9 Å². The van der Waals surface area contributed by atoms with Crippen molar-refractivity contribution >= 4 is 28.5 Å². The summed E-state index contributed by atoms with van der Waals surface area (Å²) in [4.78, 5) is 28.9. The highest BCUT2D eigenvalue weighted by atomic mass is 16.4. The number of pyridine rings is 1. The SMILES string of the molecule is Cc1ccc2cc(NC(=O)C34CCC(C(=O)O)(CC3)CC4)cnc2c1. The Morgan fingerprint density at radius 1 is 1.04 bits per heavy atom. The fourth-order valence-electron chi connectivity index (χ4n) is 4.41. The van der Waals surface area contributed by atoms with Crippen LogP contribution in [0.3, 0.4) is 0 Å². The molecule has 0 unspecified atom stereocenters. The van der Waals surface area contributed by atoms with Crippen molar-refractivity contribution < 1.29 is 14.7 Å². The van der Waals surface area contributed by atoms with E-state index in [1.165, 1.54) is 0 Å². The van der Waals surface area contributed by atoms with Crippen LogP contribution in [0.2, 0.25) is 0 Å². The highest BCUT2D eigenvalue weighted by Crippen LogP contribution is 2.57. The molecule has 0 atom stereocenters. The number of carbonyl (C=O) groups excluding carboxylic acids is 1. The molecule has 2 bridgehead atoms. The number of aryl methyl sites for hydroxylation is 1. The molecule has 25 heavy (non-hydrogen) atoms. The van der Waals surface area contributed by atoms with Gasteiger partial charge in [-0.05, 0) is 63.1 Å². The smallest absolute Gasteiger partial charge is 0.309 e. The van der Waals surface area contributed by atoms with Crippen molar-refractivity contribution in [1.82, 2.24) is 4.98 Å². The Kier molecular flexibility index (Phi) is 3.56. The zero-order chi connectivity index (χ0) is 17.7. The third-order valence-corrected chi connectivity index (χ3v) is 6.28. The minimum absolute atomic E-state index is 0.0134. The first kappa shape index (κ1) is 16.1. The third-order valence-electron chi connectivity index (χ3n) is 6.28. The lowest BCUT2D eigenvalue weighted by molar-refractivity contribution is -0.162. The number of amides is 1. The average Bonchev–Trinajstić information content (AvgIpc) is 2.63. The van der Waals surface area contributed by atoms with Gasteiger partial charge in [-0.25, -0.2) is 0 Å². The number of nitrogens with zero attached hydrogens (tertiary/aromatic N) is 1. The molecule has 3 saturated carbocycles. The van der Waals surface area contributed by atoms with E-state index in [1.54, 1.807) is 6.20 Å². The van der Waals surface area contributed by atoms with E-state index >= 15 is 0 Å². The van der Waals surface area contributed by atoms with Gasteiger partial charge < -0.3 is 10.4 Å². The highest BCUT2D eigenvalue weighted by molar-refractivity contribution is 5.97. The van der Waals surface area contributed by atoms with Gasteiger partial charge in [0.25, 0.3) is 0 Å². The largest absolute Gasteiger partial charge is 0.481 e. The highest BCUT2D eigenvalue weighted by Gasteiger charge is 2.55. The number of anilines is 1. The topological polar surface area (TPSA) is 79.3 Å². The fraction of sp³-hybridized carbons (Fsp3) is 0.450. The second-order valence-electron chi connectivity index (χ2n) is 7.74. The number of nitrogens with one attached hydrogen (secondary N) is 1. The van der Waals surface area contributed by atoms with Gasteiger partial charge in [0.15, 0.2) is 0 Å². The predicted octanol–water partition coefficient (Wildman–Crippen LogP) is 3.91. The van der Waals surface area contributed by atoms with E-state index in [1.807, 2.05) is 31.2 Å². The van der Waals surface area contributed by atoms with E-state index in [0.717, 1.165) is 16.5 Å². The Hall–Kier alpha value is -2.43. The molecular formula is C20H22N2O3. The van der Waals surface area contributed by atoms with Crippen LogP contribution in [0.4, 0.5) is 5.69 Å². The number of carbonyl (C=O) groups is 2. The van der Waals surface area contributed by atoms with Crippen LogP contribution in [0.1, 0.15) is 44.1 Å². The zero-order valence-electron chi connectivity index (χ0n) is 14.3. The average molecular weight is 338 g/mol. The molecular weight excluding hydrogens is 316 g/mol. The van der Waals surface area contributed by atoms with E-state index in [0.29, 0.717) is 44.2 Å². The summed E-state index contributed by atoms with van der Waals surface area (Å²) in [5.41, 5.74) is 1.76. The molecule has 2 N–H and O–H groups in total. The second kappa shape index (κ2) is 5.55. The predicted molar refractivity (Wildman–Crippen MR) is 95.3 cm³/mol. The number of hydrogen-bond donors (Lipinski definition) is 2. The lowest BCUT2D eigenvalue weighted by Gasteiger charge is -2.50. The van der Waals surface area contributed by atoms with Gasteiger partial charge >= 0.3 is 5.97 Å². The van der Waals surface area contributed by atoms with Crippen LogP contribution < -0.4 is 5.32 Å². The van der Waals surface area contributed by atoms with Crippen LogP contribution >= 0.6 is 0 Å². The molecule has 1 aromatic carbocycles. The van der Waals surface area contributed by atoms with Crippen LogP contribution in [0.15, 0.2) is 30.5 Å². The summed E-state index contributed by atoms with van der Waals surface area (Å²) in [7, 11) is 0. The first-order chi connectivity index (χ1) is 11.9. The van der Waals surface area contributed by atoms with Crippen LogP contribution in [0, 0.1) is 17.8 Å². The molecule has 0 aliphatic heterocycles. The van der Waals surface area contributed by atoms with Gasteiger partial charge in [0.05, 0.1) is 22.8 Å². The lowest BCUT2D eigenvalue weighted by atomic mass is 9.53. The molecule has 130 valence electrons. The summed E-state index contributed by atoms with van der Waals surface area (Å²) in [5.74, 6) is -0.685. The maximum atomic E-state index is 12.9. The second-order valence-corrected chi connectivity index (χ2v) is 7.74. The van der Waals surface area contributed by atoms with Gasteiger partial charge in [0, 0.05) is 10.8 Å².